The number of nitrogens with zero attached hydrogens (tertiary/aromatic N) is 1. The molecule has 0 radical (unpaired) electrons. The summed E-state index contributed by atoms with van der Waals surface area (Å²) in [6.07, 6.45) is 1.01. The zero-order valence-corrected chi connectivity index (χ0v) is 15.0. The molecule has 1 amide bonds. The number of amides is 1. The van der Waals surface area contributed by atoms with Gasteiger partial charge in [0, 0.05) is 18.5 Å². The topological polar surface area (TPSA) is 88.7 Å². The molecule has 1 atom stereocenters. The molecule has 1 unspecified atom stereocenters. The van der Waals surface area contributed by atoms with Gasteiger partial charge in [-0.15, -0.1) is 0 Å². The molecule has 2 aromatic carbocycles. The zero-order valence-electron chi connectivity index (χ0n) is 15.0. The molecule has 0 aromatic heterocycles. The number of nitrogens with two attached hydrogens (primary N) is 1. The highest BCUT2D eigenvalue weighted by atomic mass is 19.1. The number of para-hydroxylation sites is 1. The molecule has 1 aliphatic heterocycles. The smallest absolute Gasteiger partial charge is 0.224 e. The molecular formula is C20H23FN4O2. The van der Waals surface area contributed by atoms with Crippen molar-refractivity contribution in [3.8, 4) is 5.75 Å². The van der Waals surface area contributed by atoms with Crippen LogP contribution >= 0.6 is 0 Å². The summed E-state index contributed by atoms with van der Waals surface area (Å²) in [5.74, 6) is 0.747. The van der Waals surface area contributed by atoms with Crippen LogP contribution in [0.1, 0.15) is 23.6 Å². The highest BCUT2D eigenvalue weighted by Crippen LogP contribution is 2.31. The summed E-state index contributed by atoms with van der Waals surface area (Å²) in [5, 5.41) is 5.99. The van der Waals surface area contributed by atoms with Gasteiger partial charge in [-0.05, 0) is 23.8 Å². The number of fused-ring (bicyclic) bond motifs is 1. The van der Waals surface area contributed by atoms with Crippen LogP contribution in [0.3, 0.4) is 0 Å². The van der Waals surface area contributed by atoms with E-state index in [1.165, 1.54) is 12.1 Å². The summed E-state index contributed by atoms with van der Waals surface area (Å²) in [4.78, 5) is 16.1. The van der Waals surface area contributed by atoms with Crippen molar-refractivity contribution in [2.45, 2.75) is 18.9 Å². The number of carbonyl (C=O) groups excluding carboxylic acids is 1. The van der Waals surface area contributed by atoms with Gasteiger partial charge >= 0.3 is 0 Å². The fourth-order valence-corrected chi connectivity index (χ4v) is 2.94. The molecule has 1 aliphatic rings. The second-order valence-electron chi connectivity index (χ2n) is 6.29. The van der Waals surface area contributed by atoms with E-state index >= 15 is 0 Å². The Morgan fingerprint density at radius 3 is 2.81 bits per heavy atom. The first kappa shape index (κ1) is 18.7. The van der Waals surface area contributed by atoms with Gasteiger partial charge < -0.3 is 21.1 Å². The lowest BCUT2D eigenvalue weighted by Crippen LogP contribution is -2.38. The van der Waals surface area contributed by atoms with E-state index in [9.17, 15) is 9.18 Å². The normalized spacial score (nSPS) is 16.2. The van der Waals surface area contributed by atoms with Crippen molar-refractivity contribution in [1.82, 2.24) is 10.6 Å². The first-order chi connectivity index (χ1) is 13.1. The molecule has 0 saturated carbocycles. The number of nitrogens with one attached hydrogen (secondary N) is 2. The maximum Gasteiger partial charge on any atom is 0.224 e. The highest BCUT2D eigenvalue weighted by Gasteiger charge is 2.21. The molecule has 6 nitrogen and oxygen atoms in total. The largest absolute Gasteiger partial charge is 0.493 e. The minimum atomic E-state index is -0.316. The van der Waals surface area contributed by atoms with E-state index in [4.69, 9.17) is 10.5 Å². The Bertz CT molecular complexity index is 808. The summed E-state index contributed by atoms with van der Waals surface area (Å²) in [5.41, 5.74) is 7.79. The van der Waals surface area contributed by atoms with Crippen LogP contribution in [0.5, 0.6) is 5.75 Å². The Balaban J connectivity index is 1.42. The average molecular weight is 370 g/mol. The number of guanidine groups is 1. The number of halogens is 1. The second kappa shape index (κ2) is 9.02. The summed E-state index contributed by atoms with van der Waals surface area (Å²) in [6, 6.07) is 13.8. The van der Waals surface area contributed by atoms with Gasteiger partial charge in [-0.1, -0.05) is 30.3 Å². The van der Waals surface area contributed by atoms with E-state index in [1.54, 1.807) is 12.1 Å². The quantitative estimate of drug-likeness (QED) is 0.412. The Hall–Kier alpha value is -3.09. The summed E-state index contributed by atoms with van der Waals surface area (Å²) in [6.45, 7) is 1.38. The van der Waals surface area contributed by atoms with Gasteiger partial charge in [-0.25, -0.2) is 4.39 Å². The number of hydrogen-bond donors (Lipinski definition) is 3. The lowest BCUT2D eigenvalue weighted by Gasteiger charge is -2.26. The molecule has 7 heteroatoms. The Morgan fingerprint density at radius 2 is 2.00 bits per heavy atom. The number of benzene rings is 2. The molecule has 0 aliphatic carbocycles. The average Bonchev–Trinajstić information content (AvgIpc) is 2.67. The molecule has 3 rings (SSSR count). The van der Waals surface area contributed by atoms with E-state index in [-0.39, 0.29) is 24.2 Å². The summed E-state index contributed by atoms with van der Waals surface area (Å²) < 4.78 is 18.5. The molecular weight excluding hydrogens is 347 g/mol. The van der Waals surface area contributed by atoms with Crippen LogP contribution in [0.4, 0.5) is 4.39 Å². The van der Waals surface area contributed by atoms with Crippen molar-refractivity contribution >= 4 is 11.9 Å². The number of aliphatic imine (C=N–C) groups is 1. The van der Waals surface area contributed by atoms with Gasteiger partial charge in [-0.2, -0.15) is 0 Å². The Labute approximate surface area is 157 Å². The predicted octanol–water partition coefficient (Wildman–Crippen LogP) is 1.91. The van der Waals surface area contributed by atoms with Gasteiger partial charge in [0.05, 0.1) is 25.6 Å². The first-order valence-corrected chi connectivity index (χ1v) is 8.91. The third kappa shape index (κ3) is 5.44. The van der Waals surface area contributed by atoms with Crippen LogP contribution in [0.25, 0.3) is 0 Å². The highest BCUT2D eigenvalue weighted by molar-refractivity contribution is 5.79. The van der Waals surface area contributed by atoms with E-state index in [1.807, 2.05) is 24.3 Å². The van der Waals surface area contributed by atoms with Crippen LogP contribution in [0.2, 0.25) is 0 Å². The molecule has 4 N–H and O–H groups in total. The fraction of sp³-hybridized carbons (Fsp3) is 0.300. The second-order valence-corrected chi connectivity index (χ2v) is 6.29. The van der Waals surface area contributed by atoms with Crippen molar-refractivity contribution in [3.63, 3.8) is 0 Å². The van der Waals surface area contributed by atoms with E-state index in [0.29, 0.717) is 25.7 Å². The molecule has 0 saturated heterocycles. The predicted molar refractivity (Wildman–Crippen MR) is 102 cm³/mol. The van der Waals surface area contributed by atoms with Crippen molar-refractivity contribution in [3.05, 3.63) is 65.5 Å². The minimum Gasteiger partial charge on any atom is -0.493 e. The molecule has 2 aromatic rings. The molecule has 0 fully saturated rings. The van der Waals surface area contributed by atoms with Crippen LogP contribution < -0.4 is 21.1 Å². The third-order valence-corrected chi connectivity index (χ3v) is 4.27. The van der Waals surface area contributed by atoms with Crippen LogP contribution in [-0.4, -0.2) is 31.6 Å². The van der Waals surface area contributed by atoms with Crippen molar-refractivity contribution < 1.29 is 13.9 Å². The molecule has 0 bridgehead atoms. The van der Waals surface area contributed by atoms with E-state index in [0.717, 1.165) is 23.3 Å². The maximum absolute atomic E-state index is 12.9. The minimum absolute atomic E-state index is 0.0618. The number of hydrogen-bond acceptors (Lipinski definition) is 3. The van der Waals surface area contributed by atoms with Crippen molar-refractivity contribution in [2.24, 2.45) is 10.7 Å². The lowest BCUT2D eigenvalue weighted by molar-refractivity contribution is -0.120. The molecule has 0 spiro atoms. The lowest BCUT2D eigenvalue weighted by atomic mass is 10.0. The number of ether oxygens (including phenoxy) is 1. The van der Waals surface area contributed by atoms with Crippen LogP contribution in [-0.2, 0) is 11.2 Å². The molecule has 27 heavy (non-hydrogen) atoms. The van der Waals surface area contributed by atoms with Crippen molar-refractivity contribution in [2.75, 3.05) is 19.7 Å². The summed E-state index contributed by atoms with van der Waals surface area (Å²) in [7, 11) is 0. The SMILES string of the molecule is NC(=NCCNC(=O)Cc1ccc(F)cc1)NC1CCOc2ccccc21. The van der Waals surface area contributed by atoms with Gasteiger partial charge in [0.15, 0.2) is 5.96 Å². The van der Waals surface area contributed by atoms with Gasteiger partial charge in [-0.3, -0.25) is 9.79 Å². The zero-order chi connectivity index (χ0) is 19.1. The monoisotopic (exact) mass is 370 g/mol. The van der Waals surface area contributed by atoms with E-state index in [2.05, 4.69) is 15.6 Å². The maximum atomic E-state index is 12.9. The Kier molecular flexibility index (Phi) is 6.25. The van der Waals surface area contributed by atoms with Crippen LogP contribution in [0.15, 0.2) is 53.5 Å². The van der Waals surface area contributed by atoms with Gasteiger partial charge in [0.1, 0.15) is 11.6 Å². The third-order valence-electron chi connectivity index (χ3n) is 4.27. The standard InChI is InChI=1S/C20H23FN4O2/c21-15-7-5-14(6-8-15)13-19(26)23-10-11-24-20(22)25-17-9-12-27-18-4-2-1-3-16(17)18/h1-8,17H,9-13H2,(H,23,26)(H3,22,24,25). The fourth-order valence-electron chi connectivity index (χ4n) is 2.94. The van der Waals surface area contributed by atoms with E-state index < -0.39 is 0 Å². The first-order valence-electron chi connectivity index (χ1n) is 8.91. The van der Waals surface area contributed by atoms with Gasteiger partial charge in [0.25, 0.3) is 0 Å². The summed E-state index contributed by atoms with van der Waals surface area (Å²) >= 11 is 0. The molecule has 1 heterocycles. The van der Waals surface area contributed by atoms with Crippen molar-refractivity contribution in [1.29, 1.82) is 0 Å². The Morgan fingerprint density at radius 1 is 1.22 bits per heavy atom. The number of rotatable bonds is 6. The number of carbonyl (C=O) groups is 1. The van der Waals surface area contributed by atoms with Crippen LogP contribution in [0, 0.1) is 5.82 Å². The van der Waals surface area contributed by atoms with Gasteiger partial charge in [0.2, 0.25) is 5.91 Å². The molecule has 142 valence electrons.